The highest BCUT2D eigenvalue weighted by molar-refractivity contribution is 7.90. The molecule has 0 aliphatic heterocycles. The zero-order valence-electron chi connectivity index (χ0n) is 12.2. The quantitative estimate of drug-likeness (QED) is 0.882. The van der Waals surface area contributed by atoms with Crippen molar-refractivity contribution in [2.24, 2.45) is 0 Å². The second kappa shape index (κ2) is 6.09. The van der Waals surface area contributed by atoms with Crippen LogP contribution in [0.1, 0.15) is 12.6 Å². The van der Waals surface area contributed by atoms with Crippen molar-refractivity contribution in [1.29, 1.82) is 0 Å². The Morgan fingerprint density at radius 3 is 2.38 bits per heavy atom. The summed E-state index contributed by atoms with van der Waals surface area (Å²) in [5, 5.41) is 6.20. The van der Waals surface area contributed by atoms with Gasteiger partial charge in [-0.1, -0.05) is 0 Å². The molecule has 1 aromatic carbocycles. The third-order valence-corrected chi connectivity index (χ3v) is 3.87. The van der Waals surface area contributed by atoms with E-state index in [2.05, 4.69) is 20.6 Å². The van der Waals surface area contributed by atoms with Crippen molar-refractivity contribution in [3.8, 4) is 0 Å². The lowest BCUT2D eigenvalue weighted by atomic mass is 10.3. The lowest BCUT2D eigenvalue weighted by Gasteiger charge is -2.09. The predicted octanol–water partition coefficient (Wildman–Crippen LogP) is 2.36. The van der Waals surface area contributed by atoms with Gasteiger partial charge in [0.25, 0.3) is 0 Å². The molecule has 0 unspecified atom stereocenters. The average Bonchev–Trinajstić information content (AvgIpc) is 2.38. The number of nitrogens with one attached hydrogen (secondary N) is 2. The third kappa shape index (κ3) is 4.16. The summed E-state index contributed by atoms with van der Waals surface area (Å²) in [4.78, 5) is 8.90. The third-order valence-electron chi connectivity index (χ3n) is 2.74. The largest absolute Gasteiger partial charge is 0.354 e. The molecule has 0 aliphatic carbocycles. The van der Waals surface area contributed by atoms with Crippen LogP contribution in [-0.4, -0.2) is 31.2 Å². The zero-order chi connectivity index (χ0) is 15.5. The summed E-state index contributed by atoms with van der Waals surface area (Å²) in [6.45, 7) is 4.61. The minimum atomic E-state index is -3.18. The van der Waals surface area contributed by atoms with Gasteiger partial charge in [-0.15, -0.1) is 0 Å². The molecule has 0 amide bonds. The summed E-state index contributed by atoms with van der Waals surface area (Å²) in [6.07, 6.45) is 1.19. The van der Waals surface area contributed by atoms with Crippen LogP contribution in [-0.2, 0) is 9.84 Å². The molecular weight excluding hydrogens is 288 g/mol. The van der Waals surface area contributed by atoms with Crippen LogP contribution in [0.3, 0.4) is 0 Å². The van der Waals surface area contributed by atoms with Gasteiger partial charge in [0, 0.05) is 30.2 Å². The first-order valence-corrected chi connectivity index (χ1v) is 8.44. The van der Waals surface area contributed by atoms with E-state index >= 15 is 0 Å². The number of hydrogen-bond acceptors (Lipinski definition) is 6. The number of aromatic nitrogens is 2. The fourth-order valence-electron chi connectivity index (χ4n) is 1.80. The van der Waals surface area contributed by atoms with Gasteiger partial charge in [0.1, 0.15) is 5.82 Å². The fraction of sp³-hybridized carbons (Fsp3) is 0.286. The molecule has 1 aromatic heterocycles. The van der Waals surface area contributed by atoms with E-state index in [1.165, 1.54) is 6.26 Å². The molecular formula is C14H18N4O2S. The van der Waals surface area contributed by atoms with E-state index < -0.39 is 9.84 Å². The molecule has 0 saturated carbocycles. The van der Waals surface area contributed by atoms with Crippen LogP contribution in [0.4, 0.5) is 17.5 Å². The lowest BCUT2D eigenvalue weighted by molar-refractivity contribution is 0.602. The molecule has 0 atom stereocenters. The minimum Gasteiger partial charge on any atom is -0.354 e. The second-order valence-corrected chi connectivity index (χ2v) is 6.69. The molecule has 0 saturated heterocycles. The van der Waals surface area contributed by atoms with E-state index in [1.807, 2.05) is 19.9 Å². The Morgan fingerprint density at radius 2 is 1.81 bits per heavy atom. The number of aryl methyl sites for hydroxylation is 1. The molecule has 0 aliphatic rings. The van der Waals surface area contributed by atoms with E-state index in [4.69, 9.17) is 0 Å². The maximum Gasteiger partial charge on any atom is 0.224 e. The van der Waals surface area contributed by atoms with Crippen molar-refractivity contribution >= 4 is 27.3 Å². The van der Waals surface area contributed by atoms with Gasteiger partial charge in [-0.3, -0.25) is 0 Å². The van der Waals surface area contributed by atoms with Gasteiger partial charge in [-0.25, -0.2) is 13.4 Å². The van der Waals surface area contributed by atoms with Gasteiger partial charge in [0.05, 0.1) is 4.90 Å². The van der Waals surface area contributed by atoms with Gasteiger partial charge in [0.15, 0.2) is 9.84 Å². The standard InChI is InChI=1S/C14H18N4O2S/c1-4-15-14-16-10(2)9-13(18-14)17-11-5-7-12(8-6-11)21(3,19)20/h5-9H,4H2,1-3H3,(H2,15,16,17,18). The Labute approximate surface area is 124 Å². The van der Waals surface area contributed by atoms with Gasteiger partial charge in [-0.2, -0.15) is 4.98 Å². The Bertz CT molecular complexity index is 727. The molecule has 1 heterocycles. The smallest absolute Gasteiger partial charge is 0.224 e. The Morgan fingerprint density at radius 1 is 1.14 bits per heavy atom. The lowest BCUT2D eigenvalue weighted by Crippen LogP contribution is -2.05. The molecule has 112 valence electrons. The van der Waals surface area contributed by atoms with Crippen molar-refractivity contribution in [2.75, 3.05) is 23.4 Å². The fourth-order valence-corrected chi connectivity index (χ4v) is 2.43. The summed E-state index contributed by atoms with van der Waals surface area (Å²) in [6, 6.07) is 8.38. The predicted molar refractivity (Wildman–Crippen MR) is 83.8 cm³/mol. The maximum atomic E-state index is 11.4. The monoisotopic (exact) mass is 306 g/mol. The SMILES string of the molecule is CCNc1nc(C)cc(Nc2ccc(S(C)(=O)=O)cc2)n1. The van der Waals surface area contributed by atoms with Gasteiger partial charge < -0.3 is 10.6 Å². The normalized spacial score (nSPS) is 11.2. The van der Waals surface area contributed by atoms with Crippen LogP contribution >= 0.6 is 0 Å². The first kappa shape index (κ1) is 15.2. The Balaban J connectivity index is 2.22. The van der Waals surface area contributed by atoms with Gasteiger partial charge >= 0.3 is 0 Å². The van der Waals surface area contributed by atoms with E-state index in [9.17, 15) is 8.42 Å². The summed E-state index contributed by atoms with van der Waals surface area (Å²) in [5.41, 5.74) is 1.61. The number of benzene rings is 1. The highest BCUT2D eigenvalue weighted by Crippen LogP contribution is 2.19. The van der Waals surface area contributed by atoms with Gasteiger partial charge in [0.2, 0.25) is 5.95 Å². The summed E-state index contributed by atoms with van der Waals surface area (Å²) >= 11 is 0. The Hall–Kier alpha value is -2.15. The summed E-state index contributed by atoms with van der Waals surface area (Å²) in [5.74, 6) is 1.22. The van der Waals surface area contributed by atoms with Crippen molar-refractivity contribution in [3.63, 3.8) is 0 Å². The molecule has 0 spiro atoms. The maximum absolute atomic E-state index is 11.4. The van der Waals surface area contributed by atoms with Crippen LogP contribution in [0, 0.1) is 6.92 Å². The highest BCUT2D eigenvalue weighted by atomic mass is 32.2. The van der Waals surface area contributed by atoms with E-state index in [-0.39, 0.29) is 0 Å². The van der Waals surface area contributed by atoms with E-state index in [1.54, 1.807) is 24.3 Å². The second-order valence-electron chi connectivity index (χ2n) is 4.67. The van der Waals surface area contributed by atoms with Crippen molar-refractivity contribution in [3.05, 3.63) is 36.0 Å². The average molecular weight is 306 g/mol. The molecule has 2 rings (SSSR count). The molecule has 2 N–H and O–H groups in total. The molecule has 21 heavy (non-hydrogen) atoms. The molecule has 7 heteroatoms. The van der Waals surface area contributed by atoms with Crippen LogP contribution in [0.2, 0.25) is 0 Å². The van der Waals surface area contributed by atoms with Crippen molar-refractivity contribution in [2.45, 2.75) is 18.7 Å². The topological polar surface area (TPSA) is 84.0 Å². The highest BCUT2D eigenvalue weighted by Gasteiger charge is 2.07. The number of hydrogen-bond donors (Lipinski definition) is 2. The van der Waals surface area contributed by atoms with Crippen LogP contribution in [0.5, 0.6) is 0 Å². The van der Waals surface area contributed by atoms with Crippen molar-refractivity contribution < 1.29 is 8.42 Å². The molecule has 0 fully saturated rings. The number of sulfone groups is 1. The van der Waals surface area contributed by atoms with Gasteiger partial charge in [-0.05, 0) is 38.1 Å². The van der Waals surface area contributed by atoms with E-state index in [0.29, 0.717) is 16.7 Å². The number of nitrogens with zero attached hydrogens (tertiary/aromatic N) is 2. The molecule has 0 bridgehead atoms. The van der Waals surface area contributed by atoms with E-state index in [0.717, 1.165) is 17.9 Å². The van der Waals surface area contributed by atoms with Crippen LogP contribution in [0.25, 0.3) is 0 Å². The summed E-state index contributed by atoms with van der Waals surface area (Å²) < 4.78 is 22.8. The van der Waals surface area contributed by atoms with Crippen LogP contribution in [0.15, 0.2) is 35.2 Å². The summed E-state index contributed by atoms with van der Waals surface area (Å²) in [7, 11) is -3.18. The van der Waals surface area contributed by atoms with Crippen molar-refractivity contribution in [1.82, 2.24) is 9.97 Å². The van der Waals surface area contributed by atoms with Crippen LogP contribution < -0.4 is 10.6 Å². The number of rotatable bonds is 5. The first-order chi connectivity index (χ1) is 9.88. The zero-order valence-corrected chi connectivity index (χ0v) is 13.0. The Kier molecular flexibility index (Phi) is 4.42. The minimum absolute atomic E-state index is 0.292. The number of anilines is 3. The molecule has 2 aromatic rings. The first-order valence-electron chi connectivity index (χ1n) is 6.55. The molecule has 6 nitrogen and oxygen atoms in total. The molecule has 0 radical (unpaired) electrons.